The number of aryl methyl sites for hydroxylation is 1. The summed E-state index contributed by atoms with van der Waals surface area (Å²) in [6, 6.07) is 6.38. The normalized spacial score (nSPS) is 18.8. The largest absolute Gasteiger partial charge is 0.329 e. The Morgan fingerprint density at radius 2 is 2.20 bits per heavy atom. The van der Waals surface area contributed by atoms with Crippen molar-refractivity contribution in [3.63, 3.8) is 0 Å². The van der Waals surface area contributed by atoms with Crippen LogP contribution in [0.5, 0.6) is 0 Å². The second-order valence-corrected chi connectivity index (χ2v) is 5.83. The maximum Gasteiger partial charge on any atom is 0.240 e. The molecular formula is C14H14FN3OS. The Morgan fingerprint density at radius 1 is 1.40 bits per heavy atom. The number of carbonyl (C=O) groups excluding carboxylic acids is 1. The number of halogens is 1. The van der Waals surface area contributed by atoms with Crippen molar-refractivity contribution >= 4 is 23.4 Å². The fraction of sp³-hybridized carbons (Fsp3) is 0.286. The van der Waals surface area contributed by atoms with Gasteiger partial charge in [0.1, 0.15) is 5.82 Å². The van der Waals surface area contributed by atoms with Gasteiger partial charge in [-0.3, -0.25) is 4.79 Å². The van der Waals surface area contributed by atoms with Crippen molar-refractivity contribution in [3.8, 4) is 0 Å². The van der Waals surface area contributed by atoms with E-state index in [2.05, 4.69) is 4.98 Å². The molecule has 20 heavy (non-hydrogen) atoms. The Morgan fingerprint density at radius 3 is 2.90 bits per heavy atom. The van der Waals surface area contributed by atoms with Gasteiger partial charge in [0.2, 0.25) is 5.91 Å². The number of hydrogen-bond donors (Lipinski definition) is 0. The van der Waals surface area contributed by atoms with E-state index in [4.69, 9.17) is 0 Å². The van der Waals surface area contributed by atoms with Crippen LogP contribution in [0.1, 0.15) is 6.42 Å². The molecule has 0 saturated carbocycles. The number of nitrogens with zero attached hydrogens (tertiary/aromatic N) is 3. The molecule has 2 heterocycles. The predicted molar refractivity (Wildman–Crippen MR) is 76.2 cm³/mol. The zero-order valence-corrected chi connectivity index (χ0v) is 11.8. The molecule has 0 bridgehead atoms. The van der Waals surface area contributed by atoms with Crippen LogP contribution in [-0.2, 0) is 11.8 Å². The van der Waals surface area contributed by atoms with Crippen molar-refractivity contribution in [2.24, 2.45) is 7.05 Å². The molecule has 1 aliphatic rings. The van der Waals surface area contributed by atoms with Crippen LogP contribution in [0, 0.1) is 5.82 Å². The summed E-state index contributed by atoms with van der Waals surface area (Å²) < 4.78 is 15.6. The van der Waals surface area contributed by atoms with Gasteiger partial charge in [-0.15, -0.1) is 0 Å². The lowest BCUT2D eigenvalue weighted by atomic mass is 10.3. The Balaban J connectivity index is 1.78. The zero-order valence-electron chi connectivity index (χ0n) is 11.0. The van der Waals surface area contributed by atoms with Gasteiger partial charge in [-0.2, -0.15) is 0 Å². The van der Waals surface area contributed by atoms with Crippen molar-refractivity contribution < 1.29 is 9.18 Å². The highest BCUT2D eigenvalue weighted by Gasteiger charge is 2.35. The minimum atomic E-state index is -0.358. The lowest BCUT2D eigenvalue weighted by molar-refractivity contribution is -0.116. The van der Waals surface area contributed by atoms with Crippen LogP contribution in [0.25, 0.3) is 0 Å². The number of rotatable bonds is 3. The van der Waals surface area contributed by atoms with E-state index >= 15 is 0 Å². The third-order valence-electron chi connectivity index (χ3n) is 3.32. The molecule has 1 saturated heterocycles. The molecule has 0 aliphatic carbocycles. The SMILES string of the molecule is Cn1ccnc1SC1CCN(c2ccccc2F)C1=O. The highest BCUT2D eigenvalue weighted by atomic mass is 32.2. The van der Waals surface area contributed by atoms with Crippen LogP contribution in [0.4, 0.5) is 10.1 Å². The summed E-state index contributed by atoms with van der Waals surface area (Å²) in [5.41, 5.74) is 0.362. The third-order valence-corrected chi connectivity index (χ3v) is 4.65. The van der Waals surface area contributed by atoms with Gasteiger partial charge < -0.3 is 9.47 Å². The quantitative estimate of drug-likeness (QED) is 0.872. The predicted octanol–water partition coefficient (Wildman–Crippen LogP) is 2.46. The summed E-state index contributed by atoms with van der Waals surface area (Å²) in [7, 11) is 1.89. The number of benzene rings is 1. The molecule has 104 valence electrons. The first-order chi connectivity index (χ1) is 9.66. The average Bonchev–Trinajstić information content (AvgIpc) is 2.99. The summed E-state index contributed by atoms with van der Waals surface area (Å²) in [6.45, 7) is 0.544. The number of anilines is 1. The lowest BCUT2D eigenvalue weighted by Gasteiger charge is -2.17. The number of hydrogen-bond acceptors (Lipinski definition) is 3. The number of aromatic nitrogens is 2. The van der Waals surface area contributed by atoms with E-state index in [9.17, 15) is 9.18 Å². The second-order valence-electron chi connectivity index (χ2n) is 4.66. The van der Waals surface area contributed by atoms with Crippen LogP contribution in [0.2, 0.25) is 0 Å². The van der Waals surface area contributed by atoms with E-state index in [1.807, 2.05) is 17.8 Å². The van der Waals surface area contributed by atoms with Crippen LogP contribution < -0.4 is 4.90 Å². The van der Waals surface area contributed by atoms with Gasteiger partial charge in [-0.1, -0.05) is 23.9 Å². The Labute approximate surface area is 120 Å². The number of thioether (sulfide) groups is 1. The van der Waals surface area contributed by atoms with Crippen molar-refractivity contribution in [3.05, 3.63) is 42.5 Å². The maximum absolute atomic E-state index is 13.8. The molecule has 1 amide bonds. The molecule has 4 nitrogen and oxygen atoms in total. The van der Waals surface area contributed by atoms with Gasteiger partial charge in [0, 0.05) is 26.0 Å². The molecule has 6 heteroatoms. The summed E-state index contributed by atoms with van der Waals surface area (Å²) in [5.74, 6) is -0.411. The van der Waals surface area contributed by atoms with Crippen molar-refractivity contribution in [1.29, 1.82) is 0 Å². The topological polar surface area (TPSA) is 38.1 Å². The molecule has 2 aromatic rings. The number of para-hydroxylation sites is 1. The minimum Gasteiger partial charge on any atom is -0.329 e. The summed E-state index contributed by atoms with van der Waals surface area (Å²) in [5, 5.41) is 0.606. The molecule has 1 aromatic heterocycles. The molecule has 1 aromatic carbocycles. The fourth-order valence-corrected chi connectivity index (χ4v) is 3.32. The Hall–Kier alpha value is -1.82. The van der Waals surface area contributed by atoms with Gasteiger partial charge in [0.25, 0.3) is 0 Å². The monoisotopic (exact) mass is 291 g/mol. The number of imidazole rings is 1. The summed E-state index contributed by atoms with van der Waals surface area (Å²) >= 11 is 1.44. The minimum absolute atomic E-state index is 0.0527. The highest BCUT2D eigenvalue weighted by molar-refractivity contribution is 8.00. The molecule has 3 rings (SSSR count). The molecule has 1 atom stereocenters. The first kappa shape index (κ1) is 13.2. The molecule has 1 unspecified atom stereocenters. The first-order valence-corrected chi connectivity index (χ1v) is 7.24. The molecule has 0 spiro atoms. The highest BCUT2D eigenvalue weighted by Crippen LogP contribution is 2.32. The Bertz CT molecular complexity index is 643. The molecule has 0 radical (unpaired) electrons. The van der Waals surface area contributed by atoms with E-state index in [0.29, 0.717) is 18.7 Å². The maximum atomic E-state index is 13.8. The van der Waals surface area contributed by atoms with Crippen LogP contribution >= 0.6 is 11.8 Å². The molecular weight excluding hydrogens is 277 g/mol. The second kappa shape index (κ2) is 5.28. The van der Waals surface area contributed by atoms with Crippen LogP contribution in [-0.4, -0.2) is 27.3 Å². The van der Waals surface area contributed by atoms with E-state index < -0.39 is 0 Å². The van der Waals surface area contributed by atoms with Crippen molar-refractivity contribution in [2.75, 3.05) is 11.4 Å². The van der Waals surface area contributed by atoms with Crippen LogP contribution in [0.15, 0.2) is 41.8 Å². The number of carbonyl (C=O) groups is 1. The van der Waals surface area contributed by atoms with E-state index in [-0.39, 0.29) is 17.0 Å². The van der Waals surface area contributed by atoms with Gasteiger partial charge in [-0.25, -0.2) is 9.37 Å². The van der Waals surface area contributed by atoms with Gasteiger partial charge in [0.05, 0.1) is 10.9 Å². The zero-order chi connectivity index (χ0) is 14.1. The van der Waals surface area contributed by atoms with Gasteiger partial charge >= 0.3 is 0 Å². The van der Waals surface area contributed by atoms with E-state index in [0.717, 1.165) is 5.16 Å². The smallest absolute Gasteiger partial charge is 0.240 e. The van der Waals surface area contributed by atoms with Gasteiger partial charge in [-0.05, 0) is 18.6 Å². The first-order valence-electron chi connectivity index (χ1n) is 6.36. The molecule has 1 aliphatic heterocycles. The Kier molecular flexibility index (Phi) is 3.48. The fourth-order valence-electron chi connectivity index (χ4n) is 2.27. The van der Waals surface area contributed by atoms with Crippen molar-refractivity contribution in [1.82, 2.24) is 9.55 Å². The number of amides is 1. The summed E-state index contributed by atoms with van der Waals surface area (Å²) in [4.78, 5) is 18.1. The van der Waals surface area contributed by atoms with Crippen molar-refractivity contribution in [2.45, 2.75) is 16.8 Å². The molecule has 0 N–H and O–H groups in total. The average molecular weight is 291 g/mol. The van der Waals surface area contributed by atoms with E-state index in [1.165, 1.54) is 22.7 Å². The molecule has 1 fully saturated rings. The summed E-state index contributed by atoms with van der Waals surface area (Å²) in [6.07, 6.45) is 4.25. The third kappa shape index (κ3) is 2.31. The van der Waals surface area contributed by atoms with Gasteiger partial charge in [0.15, 0.2) is 5.16 Å². The lowest BCUT2D eigenvalue weighted by Crippen LogP contribution is -2.28. The standard InChI is InChI=1S/C14H14FN3OS/c1-17-9-7-16-14(17)20-12-6-8-18(13(12)19)11-5-3-2-4-10(11)15/h2-5,7,9,12H,6,8H2,1H3. The van der Waals surface area contributed by atoms with E-state index in [1.54, 1.807) is 24.4 Å². The van der Waals surface area contributed by atoms with Crippen LogP contribution in [0.3, 0.4) is 0 Å².